The molecule has 8 heteroatoms. The lowest BCUT2D eigenvalue weighted by Gasteiger charge is -2.08. The number of aliphatic hydroxyl groups excluding tert-OH is 1. The molecular weight excluding hydrogens is 306 g/mol. The summed E-state index contributed by atoms with van der Waals surface area (Å²) in [6, 6.07) is 7.05. The number of aliphatic hydroxyl groups is 1. The van der Waals surface area contributed by atoms with Gasteiger partial charge in [-0.2, -0.15) is 4.80 Å². The van der Waals surface area contributed by atoms with Gasteiger partial charge < -0.3 is 10.4 Å². The molecule has 118 valence electrons. The van der Waals surface area contributed by atoms with Gasteiger partial charge in [0.25, 0.3) is 0 Å². The number of carbonyl (C=O) groups excluding carboxylic acids is 1. The third kappa shape index (κ3) is 4.78. The monoisotopic (exact) mass is 323 g/mol. The normalized spacial score (nSPS) is 12.1. The summed E-state index contributed by atoms with van der Waals surface area (Å²) in [5.74, 6) is 0.217. The molecule has 1 unspecified atom stereocenters. The van der Waals surface area contributed by atoms with Crippen molar-refractivity contribution in [3.8, 4) is 11.4 Å². The van der Waals surface area contributed by atoms with E-state index >= 15 is 0 Å². The number of halogens is 1. The van der Waals surface area contributed by atoms with Gasteiger partial charge in [0.2, 0.25) is 11.7 Å². The highest BCUT2D eigenvalue weighted by atomic mass is 35.5. The topological polar surface area (TPSA) is 92.9 Å². The molecule has 1 atom stereocenters. The highest BCUT2D eigenvalue weighted by molar-refractivity contribution is 6.30. The predicted octanol–water partition coefficient (Wildman–Crippen LogP) is 1.27. The van der Waals surface area contributed by atoms with Crippen LogP contribution in [0.5, 0.6) is 0 Å². The molecule has 0 saturated heterocycles. The minimum Gasteiger partial charge on any atom is -0.393 e. The number of rotatable bonds is 7. The van der Waals surface area contributed by atoms with Gasteiger partial charge in [-0.05, 0) is 42.3 Å². The van der Waals surface area contributed by atoms with E-state index in [1.54, 1.807) is 24.3 Å². The largest absolute Gasteiger partial charge is 0.393 e. The van der Waals surface area contributed by atoms with Crippen LogP contribution in [0.25, 0.3) is 11.4 Å². The van der Waals surface area contributed by atoms with Gasteiger partial charge in [0.05, 0.1) is 6.10 Å². The Hall–Kier alpha value is -1.99. The molecule has 0 radical (unpaired) electrons. The minimum atomic E-state index is -0.388. The number of nitrogens with one attached hydrogen (secondary N) is 1. The fraction of sp³-hybridized carbons (Fsp3) is 0.429. The molecule has 0 saturated carbocycles. The maximum absolute atomic E-state index is 11.7. The first kappa shape index (κ1) is 16.4. The molecule has 2 aromatic rings. The van der Waals surface area contributed by atoms with Crippen LogP contribution >= 0.6 is 11.6 Å². The zero-order chi connectivity index (χ0) is 15.9. The zero-order valence-corrected chi connectivity index (χ0v) is 13.0. The van der Waals surface area contributed by atoms with Crippen LogP contribution in [0.4, 0.5) is 0 Å². The molecule has 0 aliphatic carbocycles. The quantitative estimate of drug-likeness (QED) is 0.800. The lowest BCUT2D eigenvalue weighted by molar-refractivity contribution is -0.122. The van der Waals surface area contributed by atoms with E-state index in [9.17, 15) is 9.90 Å². The number of hydrogen-bond acceptors (Lipinski definition) is 5. The van der Waals surface area contributed by atoms with E-state index < -0.39 is 0 Å². The fourth-order valence-electron chi connectivity index (χ4n) is 1.79. The van der Waals surface area contributed by atoms with Crippen molar-refractivity contribution in [2.24, 2.45) is 0 Å². The summed E-state index contributed by atoms with van der Waals surface area (Å²) in [5, 5.41) is 24.7. The molecule has 0 aliphatic rings. The van der Waals surface area contributed by atoms with Crippen LogP contribution in [0.15, 0.2) is 24.3 Å². The number of amides is 1. The second-order valence-corrected chi connectivity index (χ2v) is 5.29. The molecule has 2 rings (SSSR count). The van der Waals surface area contributed by atoms with Gasteiger partial charge in [0.15, 0.2) is 0 Å². The first-order valence-electron chi connectivity index (χ1n) is 7.07. The molecule has 1 aromatic heterocycles. The summed E-state index contributed by atoms with van der Waals surface area (Å²) in [6.45, 7) is 2.31. The number of benzene rings is 1. The smallest absolute Gasteiger partial charge is 0.243 e. The van der Waals surface area contributed by atoms with Crippen molar-refractivity contribution >= 4 is 17.5 Å². The van der Waals surface area contributed by atoms with Gasteiger partial charge in [-0.15, -0.1) is 10.2 Å². The second kappa shape index (κ2) is 7.86. The van der Waals surface area contributed by atoms with Crippen molar-refractivity contribution in [3.63, 3.8) is 0 Å². The van der Waals surface area contributed by atoms with E-state index in [2.05, 4.69) is 20.7 Å². The van der Waals surface area contributed by atoms with Crippen molar-refractivity contribution < 1.29 is 9.90 Å². The van der Waals surface area contributed by atoms with E-state index in [0.29, 0.717) is 30.2 Å². The van der Waals surface area contributed by atoms with Crippen LogP contribution < -0.4 is 5.32 Å². The van der Waals surface area contributed by atoms with Gasteiger partial charge in [0.1, 0.15) is 6.54 Å². The molecule has 0 bridgehead atoms. The fourth-order valence-corrected chi connectivity index (χ4v) is 1.92. The number of carbonyl (C=O) groups is 1. The summed E-state index contributed by atoms with van der Waals surface area (Å²) in [7, 11) is 0. The Balaban J connectivity index is 1.86. The van der Waals surface area contributed by atoms with Crippen molar-refractivity contribution in [3.05, 3.63) is 29.3 Å². The van der Waals surface area contributed by atoms with Gasteiger partial charge in [0, 0.05) is 17.1 Å². The molecule has 1 amide bonds. The number of nitrogens with zero attached hydrogens (tertiary/aromatic N) is 4. The minimum absolute atomic E-state index is 0.0111. The lowest BCUT2D eigenvalue weighted by Crippen LogP contribution is -2.30. The molecule has 1 aromatic carbocycles. The van der Waals surface area contributed by atoms with E-state index in [1.807, 2.05) is 6.92 Å². The molecule has 22 heavy (non-hydrogen) atoms. The molecule has 0 aliphatic heterocycles. The highest BCUT2D eigenvalue weighted by Gasteiger charge is 2.09. The van der Waals surface area contributed by atoms with Gasteiger partial charge in [-0.1, -0.05) is 18.5 Å². The van der Waals surface area contributed by atoms with E-state index in [0.717, 1.165) is 5.56 Å². The van der Waals surface area contributed by atoms with Crippen LogP contribution in [-0.2, 0) is 11.3 Å². The van der Waals surface area contributed by atoms with Crippen molar-refractivity contribution in [1.82, 2.24) is 25.5 Å². The Morgan fingerprint density at radius 2 is 2.14 bits per heavy atom. The molecule has 0 spiro atoms. The SMILES string of the molecule is CCC(O)CCNC(=O)Cn1nnc(-c2ccc(Cl)cc2)n1. The Morgan fingerprint density at radius 3 is 2.82 bits per heavy atom. The molecule has 7 nitrogen and oxygen atoms in total. The Kier molecular flexibility index (Phi) is 5.85. The van der Waals surface area contributed by atoms with Gasteiger partial charge in [-0.25, -0.2) is 0 Å². The first-order chi connectivity index (χ1) is 10.6. The average molecular weight is 324 g/mol. The Bertz CT molecular complexity index is 614. The Morgan fingerprint density at radius 1 is 1.41 bits per heavy atom. The lowest BCUT2D eigenvalue weighted by atomic mass is 10.2. The predicted molar refractivity (Wildman–Crippen MR) is 82.2 cm³/mol. The standard InChI is InChI=1S/C14H18ClN5O2/c1-2-12(21)7-8-16-13(22)9-20-18-14(17-19-20)10-3-5-11(15)6-4-10/h3-6,12,21H,2,7-9H2,1H3,(H,16,22). The summed E-state index contributed by atoms with van der Waals surface area (Å²) in [6.07, 6.45) is 0.815. The summed E-state index contributed by atoms with van der Waals surface area (Å²) in [5.41, 5.74) is 0.780. The number of tetrazole rings is 1. The van der Waals surface area contributed by atoms with Crippen molar-refractivity contribution in [2.75, 3.05) is 6.54 Å². The van der Waals surface area contributed by atoms with E-state index in [1.165, 1.54) is 4.80 Å². The summed E-state index contributed by atoms with van der Waals surface area (Å²) < 4.78 is 0. The van der Waals surface area contributed by atoms with Crippen molar-refractivity contribution in [1.29, 1.82) is 0 Å². The average Bonchev–Trinajstić information content (AvgIpc) is 2.96. The van der Waals surface area contributed by atoms with E-state index in [-0.39, 0.29) is 18.6 Å². The van der Waals surface area contributed by atoms with Crippen LogP contribution in [-0.4, -0.2) is 43.9 Å². The molecule has 0 fully saturated rings. The maximum atomic E-state index is 11.7. The number of aromatic nitrogens is 4. The highest BCUT2D eigenvalue weighted by Crippen LogP contribution is 2.16. The van der Waals surface area contributed by atoms with E-state index in [4.69, 9.17) is 11.6 Å². The molecule has 2 N–H and O–H groups in total. The van der Waals surface area contributed by atoms with Crippen molar-refractivity contribution in [2.45, 2.75) is 32.4 Å². The number of hydrogen-bond donors (Lipinski definition) is 2. The zero-order valence-electron chi connectivity index (χ0n) is 12.2. The molecule has 1 heterocycles. The maximum Gasteiger partial charge on any atom is 0.243 e. The van der Waals surface area contributed by atoms with Crippen LogP contribution in [0, 0.1) is 0 Å². The van der Waals surface area contributed by atoms with Gasteiger partial charge in [-0.3, -0.25) is 4.79 Å². The molecular formula is C14H18ClN5O2. The van der Waals surface area contributed by atoms with Crippen LogP contribution in [0.3, 0.4) is 0 Å². The van der Waals surface area contributed by atoms with Gasteiger partial charge >= 0.3 is 0 Å². The second-order valence-electron chi connectivity index (χ2n) is 4.85. The third-order valence-electron chi connectivity index (χ3n) is 3.11. The third-order valence-corrected chi connectivity index (χ3v) is 3.36. The van der Waals surface area contributed by atoms with Crippen LogP contribution in [0.1, 0.15) is 19.8 Å². The summed E-state index contributed by atoms with van der Waals surface area (Å²) in [4.78, 5) is 13.0. The van der Waals surface area contributed by atoms with Crippen LogP contribution in [0.2, 0.25) is 5.02 Å². The Labute approximate surface area is 133 Å². The first-order valence-corrected chi connectivity index (χ1v) is 7.44. The summed E-state index contributed by atoms with van der Waals surface area (Å²) >= 11 is 5.82.